The molecule has 162 valence electrons. The van der Waals surface area contributed by atoms with E-state index >= 15 is 0 Å². The van der Waals surface area contributed by atoms with Gasteiger partial charge in [-0.15, -0.1) is 0 Å². The van der Waals surface area contributed by atoms with E-state index in [2.05, 4.69) is 20.6 Å². The lowest BCUT2D eigenvalue weighted by Gasteiger charge is -2.12. The van der Waals surface area contributed by atoms with Crippen molar-refractivity contribution in [2.24, 2.45) is 0 Å². The summed E-state index contributed by atoms with van der Waals surface area (Å²) in [5.74, 6) is 1.09. The van der Waals surface area contributed by atoms with Crippen molar-refractivity contribution >= 4 is 34.2 Å². The topological polar surface area (TPSA) is 76.1 Å². The van der Waals surface area contributed by atoms with Gasteiger partial charge in [-0.05, 0) is 29.8 Å². The Hall–Kier alpha value is -3.48. The summed E-state index contributed by atoms with van der Waals surface area (Å²) in [5.41, 5.74) is 2.62. The molecule has 0 radical (unpaired) electrons. The third-order valence-electron chi connectivity index (χ3n) is 4.80. The minimum Gasteiger partial charge on any atom is -0.368 e. The summed E-state index contributed by atoms with van der Waals surface area (Å²) in [4.78, 5) is 21.4. The van der Waals surface area contributed by atoms with Gasteiger partial charge in [0, 0.05) is 24.0 Å². The molecular formula is C25H23ClN4O2. The molecule has 0 bridgehead atoms. The first-order valence-corrected chi connectivity index (χ1v) is 10.7. The highest BCUT2D eigenvalue weighted by Gasteiger charge is 2.11. The summed E-state index contributed by atoms with van der Waals surface area (Å²) >= 11 is 6.34. The van der Waals surface area contributed by atoms with Gasteiger partial charge in [0.1, 0.15) is 12.4 Å². The number of hydrogen-bond donors (Lipinski definition) is 2. The lowest BCUT2D eigenvalue weighted by atomic mass is 10.2. The van der Waals surface area contributed by atoms with Crippen LogP contribution in [0.5, 0.6) is 0 Å². The summed E-state index contributed by atoms with van der Waals surface area (Å²) in [7, 11) is 0. The number of benzene rings is 3. The van der Waals surface area contributed by atoms with Crippen LogP contribution in [0.1, 0.15) is 5.56 Å². The maximum absolute atomic E-state index is 12.0. The Bertz CT molecular complexity index is 1200. The number of para-hydroxylation sites is 1. The Kier molecular flexibility index (Phi) is 7.27. The highest BCUT2D eigenvalue weighted by atomic mass is 35.5. The Morgan fingerprint density at radius 1 is 0.875 bits per heavy atom. The Labute approximate surface area is 191 Å². The molecule has 32 heavy (non-hydrogen) atoms. The molecule has 0 saturated carbocycles. The second-order valence-electron chi connectivity index (χ2n) is 7.15. The zero-order chi connectivity index (χ0) is 22.2. The number of carbonyl (C=O) groups is 1. The maximum atomic E-state index is 12.0. The zero-order valence-corrected chi connectivity index (χ0v) is 18.2. The van der Waals surface area contributed by atoms with Crippen molar-refractivity contribution in [3.05, 3.63) is 89.4 Å². The predicted octanol–water partition coefficient (Wildman–Crippen LogP) is 4.70. The average molecular weight is 447 g/mol. The first-order valence-electron chi connectivity index (χ1n) is 10.3. The smallest absolute Gasteiger partial charge is 0.246 e. The SMILES string of the molecule is O=C(COCc1ccccc1)NCCNc1nc(-c2ccccc2Cl)nc2ccccc12. The molecule has 0 aliphatic carbocycles. The van der Waals surface area contributed by atoms with E-state index in [1.807, 2.05) is 78.9 Å². The van der Waals surface area contributed by atoms with Crippen molar-refractivity contribution in [1.29, 1.82) is 0 Å². The van der Waals surface area contributed by atoms with E-state index in [0.717, 1.165) is 22.0 Å². The normalized spacial score (nSPS) is 10.8. The molecule has 0 aliphatic heterocycles. The molecule has 0 saturated heterocycles. The zero-order valence-electron chi connectivity index (χ0n) is 17.4. The molecular weight excluding hydrogens is 424 g/mol. The van der Waals surface area contributed by atoms with Crippen LogP contribution >= 0.6 is 11.6 Å². The van der Waals surface area contributed by atoms with Gasteiger partial charge in [0.15, 0.2) is 5.82 Å². The number of ether oxygens (including phenoxy) is 1. The van der Waals surface area contributed by atoms with E-state index in [-0.39, 0.29) is 12.5 Å². The maximum Gasteiger partial charge on any atom is 0.246 e. The van der Waals surface area contributed by atoms with Gasteiger partial charge in [0.05, 0.1) is 17.1 Å². The van der Waals surface area contributed by atoms with Crippen LogP contribution in [0, 0.1) is 0 Å². The van der Waals surface area contributed by atoms with E-state index in [4.69, 9.17) is 16.3 Å². The van der Waals surface area contributed by atoms with Gasteiger partial charge in [-0.25, -0.2) is 9.97 Å². The minimum absolute atomic E-state index is 0.0159. The molecule has 4 rings (SSSR count). The first-order chi connectivity index (χ1) is 15.7. The number of carbonyl (C=O) groups excluding carboxylic acids is 1. The van der Waals surface area contributed by atoms with Crippen molar-refractivity contribution in [2.75, 3.05) is 25.0 Å². The molecule has 2 N–H and O–H groups in total. The van der Waals surface area contributed by atoms with Crippen molar-refractivity contribution in [3.63, 3.8) is 0 Å². The fourth-order valence-corrected chi connectivity index (χ4v) is 3.46. The van der Waals surface area contributed by atoms with Gasteiger partial charge in [0.25, 0.3) is 0 Å². The van der Waals surface area contributed by atoms with Crippen LogP contribution in [0.4, 0.5) is 5.82 Å². The summed E-state index contributed by atoms with van der Waals surface area (Å²) in [6, 6.07) is 25.0. The largest absolute Gasteiger partial charge is 0.368 e. The number of hydrogen-bond acceptors (Lipinski definition) is 5. The molecule has 1 amide bonds. The van der Waals surface area contributed by atoms with Gasteiger partial charge >= 0.3 is 0 Å². The molecule has 3 aromatic carbocycles. The average Bonchev–Trinajstić information content (AvgIpc) is 2.82. The van der Waals surface area contributed by atoms with E-state index < -0.39 is 0 Å². The lowest BCUT2D eigenvalue weighted by Crippen LogP contribution is -2.31. The highest BCUT2D eigenvalue weighted by Crippen LogP contribution is 2.28. The second-order valence-corrected chi connectivity index (χ2v) is 7.56. The minimum atomic E-state index is -0.160. The third-order valence-corrected chi connectivity index (χ3v) is 5.13. The number of amides is 1. The molecule has 0 fully saturated rings. The Morgan fingerprint density at radius 2 is 1.62 bits per heavy atom. The fourth-order valence-electron chi connectivity index (χ4n) is 3.24. The quantitative estimate of drug-likeness (QED) is 0.364. The molecule has 0 spiro atoms. The molecule has 6 nitrogen and oxygen atoms in total. The Morgan fingerprint density at radius 3 is 2.47 bits per heavy atom. The van der Waals surface area contributed by atoms with Gasteiger partial charge in [-0.2, -0.15) is 0 Å². The number of anilines is 1. The first kappa shape index (κ1) is 21.7. The van der Waals surface area contributed by atoms with Crippen molar-refractivity contribution in [3.8, 4) is 11.4 Å². The van der Waals surface area contributed by atoms with Gasteiger partial charge in [-0.1, -0.05) is 66.2 Å². The molecule has 7 heteroatoms. The summed E-state index contributed by atoms with van der Waals surface area (Å²) < 4.78 is 5.46. The van der Waals surface area contributed by atoms with Gasteiger partial charge in [0.2, 0.25) is 5.91 Å². The van der Waals surface area contributed by atoms with Gasteiger partial charge < -0.3 is 15.4 Å². The predicted molar refractivity (Wildman–Crippen MR) is 128 cm³/mol. The van der Waals surface area contributed by atoms with E-state index in [1.165, 1.54) is 0 Å². The van der Waals surface area contributed by atoms with Crippen molar-refractivity contribution in [1.82, 2.24) is 15.3 Å². The standard InChI is InChI=1S/C25H23ClN4O2/c26-21-12-6-4-10-19(21)25-29-22-13-7-5-11-20(22)24(30-25)28-15-14-27-23(31)17-32-16-18-8-2-1-3-9-18/h1-13H,14-17H2,(H,27,31)(H,28,29,30). The van der Waals surface area contributed by atoms with Crippen LogP contribution < -0.4 is 10.6 Å². The molecule has 0 aliphatic rings. The van der Waals surface area contributed by atoms with Crippen molar-refractivity contribution in [2.45, 2.75) is 6.61 Å². The van der Waals surface area contributed by atoms with Crippen LogP contribution in [0.2, 0.25) is 5.02 Å². The van der Waals surface area contributed by atoms with Gasteiger partial charge in [-0.3, -0.25) is 4.79 Å². The lowest BCUT2D eigenvalue weighted by molar-refractivity contribution is -0.126. The molecule has 4 aromatic rings. The molecule has 0 unspecified atom stereocenters. The summed E-state index contributed by atoms with van der Waals surface area (Å²) in [6.45, 7) is 1.37. The summed E-state index contributed by atoms with van der Waals surface area (Å²) in [5, 5.41) is 7.65. The second kappa shape index (κ2) is 10.7. The van der Waals surface area contributed by atoms with Crippen LogP contribution in [0.3, 0.4) is 0 Å². The number of aromatic nitrogens is 2. The van der Waals surface area contributed by atoms with Crippen LogP contribution in [0.25, 0.3) is 22.3 Å². The summed E-state index contributed by atoms with van der Waals surface area (Å²) in [6.07, 6.45) is 0. The van der Waals surface area contributed by atoms with E-state index in [9.17, 15) is 4.79 Å². The monoisotopic (exact) mass is 446 g/mol. The van der Waals surface area contributed by atoms with E-state index in [0.29, 0.717) is 36.4 Å². The Balaban J connectivity index is 1.34. The molecule has 1 heterocycles. The van der Waals surface area contributed by atoms with Crippen molar-refractivity contribution < 1.29 is 9.53 Å². The number of fused-ring (bicyclic) bond motifs is 1. The van der Waals surface area contributed by atoms with Crippen LogP contribution in [-0.2, 0) is 16.1 Å². The number of halogens is 1. The van der Waals surface area contributed by atoms with Crippen LogP contribution in [-0.4, -0.2) is 35.6 Å². The number of nitrogens with one attached hydrogen (secondary N) is 2. The molecule has 1 aromatic heterocycles. The fraction of sp³-hybridized carbons (Fsp3) is 0.160. The third kappa shape index (κ3) is 5.60. The molecule has 0 atom stereocenters. The highest BCUT2D eigenvalue weighted by molar-refractivity contribution is 6.33. The number of nitrogens with zero attached hydrogens (tertiary/aromatic N) is 2. The van der Waals surface area contributed by atoms with E-state index in [1.54, 1.807) is 0 Å². The van der Waals surface area contributed by atoms with Crippen LogP contribution in [0.15, 0.2) is 78.9 Å². The number of rotatable bonds is 9.